The summed E-state index contributed by atoms with van der Waals surface area (Å²) in [6, 6.07) is 9.99. The Balaban J connectivity index is 0.00000420. The van der Waals surface area contributed by atoms with Gasteiger partial charge in [-0.15, -0.1) is 12.4 Å². The van der Waals surface area contributed by atoms with Gasteiger partial charge in [0, 0.05) is 44.5 Å². The fourth-order valence-corrected chi connectivity index (χ4v) is 4.95. The van der Waals surface area contributed by atoms with Gasteiger partial charge in [-0.25, -0.2) is 9.59 Å². The third-order valence-electron chi connectivity index (χ3n) is 7.28. The van der Waals surface area contributed by atoms with Crippen molar-refractivity contribution in [1.82, 2.24) is 24.7 Å². The molecule has 0 bridgehead atoms. The summed E-state index contributed by atoms with van der Waals surface area (Å²) in [4.78, 5) is 45.0. The summed E-state index contributed by atoms with van der Waals surface area (Å²) in [7, 11) is 0. The molecule has 1 saturated heterocycles. The second-order valence-corrected chi connectivity index (χ2v) is 10.9. The molecule has 214 valence electrons. The molecule has 0 atom stereocenters. The fourth-order valence-electron chi connectivity index (χ4n) is 4.95. The number of benzene rings is 1. The molecule has 12 heteroatoms. The van der Waals surface area contributed by atoms with Crippen molar-refractivity contribution in [2.45, 2.75) is 63.6 Å². The molecule has 1 aromatic heterocycles. The first-order chi connectivity index (χ1) is 18.1. The fraction of sp³-hybridized carbons (Fsp3) is 0.556. The Morgan fingerprint density at radius 1 is 1.00 bits per heavy atom. The van der Waals surface area contributed by atoms with E-state index in [1.165, 1.54) is 10.1 Å². The van der Waals surface area contributed by atoms with Crippen molar-refractivity contribution in [3.05, 3.63) is 52.6 Å². The van der Waals surface area contributed by atoms with Gasteiger partial charge in [0.05, 0.1) is 11.2 Å². The summed E-state index contributed by atoms with van der Waals surface area (Å²) in [5.41, 5.74) is 12.4. The average Bonchev–Trinajstić information content (AvgIpc) is 2.89. The summed E-state index contributed by atoms with van der Waals surface area (Å²) < 4.78 is 1.45. The maximum Gasteiger partial charge on any atom is 0.354 e. The van der Waals surface area contributed by atoms with Crippen LogP contribution in [0.2, 0.25) is 0 Å². The van der Waals surface area contributed by atoms with Crippen molar-refractivity contribution < 1.29 is 9.59 Å². The molecule has 0 spiro atoms. The zero-order valence-electron chi connectivity index (χ0n) is 22.8. The normalized spacial score (nSPS) is 19.8. The number of carbonyl (C=O) groups excluding carboxylic acids is 2. The zero-order chi connectivity index (χ0) is 27.3. The highest BCUT2D eigenvalue weighted by molar-refractivity contribution is 5.89. The molecular formula is C27H41ClN8O3. The van der Waals surface area contributed by atoms with E-state index in [0.29, 0.717) is 44.0 Å². The lowest BCUT2D eigenvalue weighted by molar-refractivity contribution is -0.137. The standard InChI is InChI=1S/C27H40N8O3.ClH/c1-27(2,29)24(36)33-15-17-34(18-16-33)25(37)31-23-12-14-35(26(38)32-23)22-9-3-19(4-10-22)11-13-30-21-7-5-20(28)6-8-21;/h3-4,9-10,12,14,20-21,30H,5-8,11,13,15-18,28-29H2,1-2H3,(H,31,32,37,38);1H/t20-,21+;. The smallest absolute Gasteiger partial charge is 0.338 e. The molecule has 1 aliphatic heterocycles. The Labute approximate surface area is 235 Å². The van der Waals surface area contributed by atoms with E-state index in [-0.39, 0.29) is 30.2 Å². The van der Waals surface area contributed by atoms with Crippen LogP contribution in [0.15, 0.2) is 41.3 Å². The number of hydrogen-bond acceptors (Lipinski definition) is 7. The van der Waals surface area contributed by atoms with Crippen molar-refractivity contribution in [1.29, 1.82) is 0 Å². The Bertz CT molecular complexity index is 1160. The first kappa shape index (κ1) is 30.6. The van der Waals surface area contributed by atoms with Crippen LogP contribution in [-0.4, -0.2) is 81.6 Å². The van der Waals surface area contributed by atoms with Gasteiger partial charge in [-0.05, 0) is 76.3 Å². The quantitative estimate of drug-likeness (QED) is 0.400. The predicted molar refractivity (Wildman–Crippen MR) is 154 cm³/mol. The number of nitrogens with two attached hydrogens (primary N) is 2. The van der Waals surface area contributed by atoms with E-state index >= 15 is 0 Å². The average molecular weight is 561 g/mol. The topological polar surface area (TPSA) is 152 Å². The molecule has 0 radical (unpaired) electrons. The molecule has 0 unspecified atom stereocenters. The van der Waals surface area contributed by atoms with Crippen LogP contribution in [0.3, 0.4) is 0 Å². The van der Waals surface area contributed by atoms with Gasteiger partial charge in [-0.2, -0.15) is 4.98 Å². The number of aromatic nitrogens is 2. The minimum absolute atomic E-state index is 0. The van der Waals surface area contributed by atoms with Gasteiger partial charge in [0.25, 0.3) is 0 Å². The minimum Gasteiger partial charge on any atom is -0.338 e. The van der Waals surface area contributed by atoms with Crippen LogP contribution in [0, 0.1) is 0 Å². The summed E-state index contributed by atoms with van der Waals surface area (Å²) in [5.74, 6) is 0.0433. The van der Waals surface area contributed by atoms with Crippen molar-refractivity contribution in [3.63, 3.8) is 0 Å². The summed E-state index contributed by atoms with van der Waals surface area (Å²) in [6.07, 6.45) is 6.96. The summed E-state index contributed by atoms with van der Waals surface area (Å²) in [6.45, 7) is 5.81. The Morgan fingerprint density at radius 3 is 2.21 bits per heavy atom. The van der Waals surface area contributed by atoms with Crippen LogP contribution in [0.25, 0.3) is 5.69 Å². The van der Waals surface area contributed by atoms with Crippen molar-refractivity contribution in [2.75, 3.05) is 38.0 Å². The van der Waals surface area contributed by atoms with Crippen molar-refractivity contribution >= 4 is 30.2 Å². The highest BCUT2D eigenvalue weighted by Gasteiger charge is 2.31. The number of nitrogens with zero attached hydrogens (tertiary/aromatic N) is 4. The second-order valence-electron chi connectivity index (χ2n) is 10.9. The van der Waals surface area contributed by atoms with E-state index in [4.69, 9.17) is 11.5 Å². The molecule has 1 saturated carbocycles. The van der Waals surface area contributed by atoms with Crippen molar-refractivity contribution in [3.8, 4) is 5.69 Å². The lowest BCUT2D eigenvalue weighted by atomic mass is 9.92. The van der Waals surface area contributed by atoms with Crippen LogP contribution >= 0.6 is 12.4 Å². The number of nitrogens with one attached hydrogen (secondary N) is 2. The molecule has 11 nitrogen and oxygen atoms in total. The Morgan fingerprint density at radius 2 is 1.62 bits per heavy atom. The molecule has 3 amide bonds. The van der Waals surface area contributed by atoms with Crippen LogP contribution in [0.4, 0.5) is 10.6 Å². The molecule has 39 heavy (non-hydrogen) atoms. The van der Waals surface area contributed by atoms with Crippen LogP contribution in [0.1, 0.15) is 45.1 Å². The van der Waals surface area contributed by atoms with Crippen LogP contribution in [0.5, 0.6) is 0 Å². The van der Waals surface area contributed by atoms with Gasteiger partial charge in [0.2, 0.25) is 5.91 Å². The summed E-state index contributed by atoms with van der Waals surface area (Å²) in [5, 5.41) is 6.31. The lowest BCUT2D eigenvalue weighted by Crippen LogP contribution is -2.58. The maximum absolute atomic E-state index is 12.7. The van der Waals surface area contributed by atoms with Crippen molar-refractivity contribution in [2.24, 2.45) is 11.5 Å². The van der Waals surface area contributed by atoms with E-state index < -0.39 is 11.2 Å². The minimum atomic E-state index is -0.945. The number of anilines is 1. The number of halogens is 1. The SMILES string of the molecule is CC(C)(N)C(=O)N1CCN(C(=O)Nc2ccn(-c3ccc(CCN[C@H]4CC[C@@H](N)CC4)cc3)c(=O)n2)CC1.Cl. The molecular weight excluding hydrogens is 520 g/mol. The molecule has 2 aromatic rings. The maximum atomic E-state index is 12.7. The largest absolute Gasteiger partial charge is 0.354 e. The summed E-state index contributed by atoms with van der Waals surface area (Å²) >= 11 is 0. The third kappa shape index (κ3) is 8.25. The van der Waals surface area contributed by atoms with E-state index in [2.05, 4.69) is 15.6 Å². The molecule has 2 heterocycles. The highest BCUT2D eigenvalue weighted by atomic mass is 35.5. The van der Waals surface area contributed by atoms with E-state index in [1.807, 2.05) is 24.3 Å². The molecule has 6 N–H and O–H groups in total. The number of carbonyl (C=O) groups is 2. The monoisotopic (exact) mass is 560 g/mol. The molecule has 1 aliphatic carbocycles. The first-order valence-electron chi connectivity index (χ1n) is 13.4. The van der Waals surface area contributed by atoms with Crippen LogP contribution in [-0.2, 0) is 11.2 Å². The lowest BCUT2D eigenvalue weighted by Gasteiger charge is -2.37. The van der Waals surface area contributed by atoms with Gasteiger partial charge in [-0.1, -0.05) is 12.1 Å². The van der Waals surface area contributed by atoms with Gasteiger partial charge in [0.15, 0.2) is 0 Å². The highest BCUT2D eigenvalue weighted by Crippen LogP contribution is 2.17. The molecule has 1 aromatic carbocycles. The number of amides is 3. The number of urea groups is 1. The van der Waals surface area contributed by atoms with Gasteiger partial charge in [-0.3, -0.25) is 14.7 Å². The van der Waals surface area contributed by atoms with Gasteiger partial charge in [0.1, 0.15) is 5.82 Å². The number of rotatable bonds is 7. The Hall–Kier alpha value is -2.99. The first-order valence-corrected chi connectivity index (χ1v) is 13.4. The number of hydrogen-bond donors (Lipinski definition) is 4. The molecule has 2 fully saturated rings. The second kappa shape index (κ2) is 13.4. The Kier molecular flexibility index (Phi) is 10.5. The van der Waals surface area contributed by atoms with Gasteiger partial charge < -0.3 is 26.6 Å². The molecule has 2 aliphatic rings. The zero-order valence-corrected chi connectivity index (χ0v) is 23.6. The number of piperazine rings is 1. The molecule has 4 rings (SSSR count). The third-order valence-corrected chi connectivity index (χ3v) is 7.28. The van der Waals surface area contributed by atoms with Gasteiger partial charge >= 0.3 is 11.7 Å². The van der Waals surface area contributed by atoms with Crippen LogP contribution < -0.4 is 27.8 Å². The van der Waals surface area contributed by atoms with E-state index in [1.54, 1.807) is 35.9 Å². The van der Waals surface area contributed by atoms with E-state index in [9.17, 15) is 14.4 Å². The predicted octanol–water partition coefficient (Wildman–Crippen LogP) is 1.47. The van der Waals surface area contributed by atoms with E-state index in [0.717, 1.165) is 38.6 Å².